The van der Waals surface area contributed by atoms with Crippen LogP contribution in [0.2, 0.25) is 0 Å². The maximum Gasteiger partial charge on any atom is 0.229 e. The van der Waals surface area contributed by atoms with Crippen LogP contribution in [0.15, 0.2) is 48.8 Å². The molecule has 0 spiro atoms. The first-order chi connectivity index (χ1) is 11.9. The lowest BCUT2D eigenvalue weighted by atomic mass is 10.1. The SMILES string of the molecule is CS(=O)(=O)Nc1ccc(-n2ncc(-c3ccc(C#N)cc3)c2O)nc1. The van der Waals surface area contributed by atoms with Crippen LogP contribution in [-0.4, -0.2) is 34.5 Å². The quantitative estimate of drug-likeness (QED) is 0.737. The number of pyridine rings is 1. The summed E-state index contributed by atoms with van der Waals surface area (Å²) in [6.45, 7) is 0. The van der Waals surface area contributed by atoms with E-state index < -0.39 is 10.0 Å². The predicted molar refractivity (Wildman–Crippen MR) is 91.6 cm³/mol. The molecular formula is C16H13N5O3S. The van der Waals surface area contributed by atoms with Gasteiger partial charge in [0.05, 0.1) is 41.5 Å². The van der Waals surface area contributed by atoms with Crippen LogP contribution in [-0.2, 0) is 10.0 Å². The van der Waals surface area contributed by atoms with E-state index >= 15 is 0 Å². The highest BCUT2D eigenvalue weighted by Gasteiger charge is 2.14. The van der Waals surface area contributed by atoms with E-state index in [1.54, 1.807) is 24.3 Å². The Balaban J connectivity index is 1.91. The van der Waals surface area contributed by atoms with Crippen molar-refractivity contribution in [2.75, 3.05) is 11.0 Å². The van der Waals surface area contributed by atoms with Gasteiger partial charge in [0.25, 0.3) is 0 Å². The molecule has 0 aliphatic heterocycles. The van der Waals surface area contributed by atoms with E-state index in [4.69, 9.17) is 5.26 Å². The van der Waals surface area contributed by atoms with E-state index in [0.717, 1.165) is 6.26 Å². The highest BCUT2D eigenvalue weighted by Crippen LogP contribution is 2.30. The number of aromatic nitrogens is 3. The molecule has 126 valence electrons. The Hall–Kier alpha value is -3.38. The number of hydrogen-bond acceptors (Lipinski definition) is 6. The summed E-state index contributed by atoms with van der Waals surface area (Å²) in [4.78, 5) is 4.10. The molecule has 3 aromatic rings. The molecule has 0 bridgehead atoms. The van der Waals surface area contributed by atoms with Gasteiger partial charge in [-0.1, -0.05) is 12.1 Å². The Morgan fingerprint density at radius 2 is 1.88 bits per heavy atom. The van der Waals surface area contributed by atoms with Crippen LogP contribution in [0.4, 0.5) is 5.69 Å². The normalized spacial score (nSPS) is 11.0. The van der Waals surface area contributed by atoms with Crippen LogP contribution in [0.5, 0.6) is 5.88 Å². The fraction of sp³-hybridized carbons (Fsp3) is 0.0625. The summed E-state index contributed by atoms with van der Waals surface area (Å²) in [6, 6.07) is 11.8. The van der Waals surface area contributed by atoms with Gasteiger partial charge in [0, 0.05) is 0 Å². The first-order valence-electron chi connectivity index (χ1n) is 7.09. The van der Waals surface area contributed by atoms with Gasteiger partial charge < -0.3 is 5.11 Å². The molecule has 25 heavy (non-hydrogen) atoms. The zero-order chi connectivity index (χ0) is 18.0. The van der Waals surface area contributed by atoms with Crippen LogP contribution in [0, 0.1) is 11.3 Å². The number of aromatic hydroxyl groups is 1. The van der Waals surface area contributed by atoms with Crippen molar-refractivity contribution in [3.8, 4) is 28.9 Å². The van der Waals surface area contributed by atoms with Crippen molar-refractivity contribution in [1.82, 2.24) is 14.8 Å². The molecule has 2 heterocycles. The number of rotatable bonds is 4. The molecule has 0 aliphatic rings. The highest BCUT2D eigenvalue weighted by molar-refractivity contribution is 7.92. The van der Waals surface area contributed by atoms with Crippen molar-refractivity contribution in [3.05, 3.63) is 54.4 Å². The van der Waals surface area contributed by atoms with Gasteiger partial charge in [-0.3, -0.25) is 4.72 Å². The second kappa shape index (κ2) is 6.26. The monoisotopic (exact) mass is 355 g/mol. The molecule has 0 saturated heterocycles. The smallest absolute Gasteiger partial charge is 0.229 e. The second-order valence-electron chi connectivity index (χ2n) is 5.26. The lowest BCUT2D eigenvalue weighted by Crippen LogP contribution is -2.10. The number of nitriles is 1. The van der Waals surface area contributed by atoms with Crippen molar-refractivity contribution in [3.63, 3.8) is 0 Å². The second-order valence-corrected chi connectivity index (χ2v) is 7.01. The number of hydrogen-bond donors (Lipinski definition) is 2. The largest absolute Gasteiger partial charge is 0.493 e. The van der Waals surface area contributed by atoms with Gasteiger partial charge >= 0.3 is 0 Å². The van der Waals surface area contributed by atoms with Gasteiger partial charge in [0.15, 0.2) is 5.82 Å². The first kappa shape index (κ1) is 16.5. The fourth-order valence-corrected chi connectivity index (χ4v) is 2.77. The minimum Gasteiger partial charge on any atom is -0.493 e. The zero-order valence-corrected chi connectivity index (χ0v) is 13.9. The Bertz CT molecular complexity index is 1050. The molecule has 3 rings (SSSR count). The number of anilines is 1. The van der Waals surface area contributed by atoms with Gasteiger partial charge in [-0.15, -0.1) is 0 Å². The average molecular weight is 355 g/mol. The lowest BCUT2D eigenvalue weighted by Gasteiger charge is -2.06. The van der Waals surface area contributed by atoms with Crippen molar-refractivity contribution in [1.29, 1.82) is 5.26 Å². The van der Waals surface area contributed by atoms with Crippen LogP contribution >= 0.6 is 0 Å². The van der Waals surface area contributed by atoms with Crippen LogP contribution in [0.25, 0.3) is 16.9 Å². The van der Waals surface area contributed by atoms with E-state index in [0.29, 0.717) is 28.2 Å². The summed E-state index contributed by atoms with van der Waals surface area (Å²) >= 11 is 0. The Kier molecular flexibility index (Phi) is 4.12. The molecule has 0 unspecified atom stereocenters. The predicted octanol–water partition coefficient (Wildman–Crippen LogP) is 1.88. The maximum absolute atomic E-state index is 11.2. The fourth-order valence-electron chi connectivity index (χ4n) is 2.22. The molecule has 0 atom stereocenters. The topological polar surface area (TPSA) is 121 Å². The molecule has 0 amide bonds. The molecule has 0 fully saturated rings. The summed E-state index contributed by atoms with van der Waals surface area (Å²) in [7, 11) is -3.39. The lowest BCUT2D eigenvalue weighted by molar-refractivity contribution is 0.433. The molecule has 2 N–H and O–H groups in total. The molecule has 9 heteroatoms. The number of nitrogens with one attached hydrogen (secondary N) is 1. The van der Waals surface area contributed by atoms with E-state index in [1.807, 2.05) is 6.07 Å². The minimum atomic E-state index is -3.39. The van der Waals surface area contributed by atoms with Crippen molar-refractivity contribution in [2.45, 2.75) is 0 Å². The summed E-state index contributed by atoms with van der Waals surface area (Å²) in [5.74, 6) is 0.220. The molecule has 1 aromatic carbocycles. The number of nitrogens with zero attached hydrogens (tertiary/aromatic N) is 4. The molecule has 0 saturated carbocycles. The third kappa shape index (κ3) is 3.59. The number of sulfonamides is 1. The Morgan fingerprint density at radius 1 is 1.16 bits per heavy atom. The van der Waals surface area contributed by atoms with Crippen LogP contribution in [0.3, 0.4) is 0 Å². The van der Waals surface area contributed by atoms with E-state index in [-0.39, 0.29) is 5.88 Å². The zero-order valence-electron chi connectivity index (χ0n) is 13.1. The van der Waals surface area contributed by atoms with Crippen molar-refractivity contribution in [2.24, 2.45) is 0 Å². The third-order valence-electron chi connectivity index (χ3n) is 3.34. The Morgan fingerprint density at radius 3 is 2.44 bits per heavy atom. The summed E-state index contributed by atoms with van der Waals surface area (Å²) in [5.41, 5.74) is 2.03. The van der Waals surface area contributed by atoms with E-state index in [2.05, 4.69) is 14.8 Å². The average Bonchev–Trinajstić information content (AvgIpc) is 2.96. The van der Waals surface area contributed by atoms with E-state index in [9.17, 15) is 13.5 Å². The van der Waals surface area contributed by atoms with Gasteiger partial charge in [0.1, 0.15) is 0 Å². The van der Waals surface area contributed by atoms with Crippen molar-refractivity contribution >= 4 is 15.7 Å². The van der Waals surface area contributed by atoms with Crippen LogP contribution < -0.4 is 4.72 Å². The summed E-state index contributed by atoms with van der Waals surface area (Å²) in [6.07, 6.45) is 3.87. The first-order valence-corrected chi connectivity index (χ1v) is 8.98. The van der Waals surface area contributed by atoms with E-state index in [1.165, 1.54) is 29.2 Å². The summed E-state index contributed by atoms with van der Waals surface area (Å²) < 4.78 is 25.9. The molecular weight excluding hydrogens is 342 g/mol. The Labute approximate surface area is 144 Å². The van der Waals surface area contributed by atoms with Gasteiger partial charge in [-0.05, 0) is 29.8 Å². The van der Waals surface area contributed by atoms with Gasteiger partial charge in [-0.25, -0.2) is 13.4 Å². The summed E-state index contributed by atoms with van der Waals surface area (Å²) in [5, 5.41) is 23.3. The van der Waals surface area contributed by atoms with Crippen LogP contribution in [0.1, 0.15) is 5.56 Å². The third-order valence-corrected chi connectivity index (χ3v) is 3.94. The highest BCUT2D eigenvalue weighted by atomic mass is 32.2. The number of benzene rings is 1. The van der Waals surface area contributed by atoms with Gasteiger partial charge in [0.2, 0.25) is 15.9 Å². The van der Waals surface area contributed by atoms with Gasteiger partial charge in [-0.2, -0.15) is 15.0 Å². The molecule has 0 aliphatic carbocycles. The molecule has 8 nitrogen and oxygen atoms in total. The van der Waals surface area contributed by atoms with Crippen molar-refractivity contribution < 1.29 is 13.5 Å². The maximum atomic E-state index is 11.2. The minimum absolute atomic E-state index is 0.110. The standard InChI is InChI=1S/C16H13N5O3S/c1-25(23,24)20-13-6-7-15(18-9-13)21-16(22)14(10-19-21)12-4-2-11(8-17)3-5-12/h2-7,9-10,20,22H,1H3. The molecule has 0 radical (unpaired) electrons. The molecule has 2 aromatic heterocycles.